The zero-order chi connectivity index (χ0) is 16.9. The Bertz CT molecular complexity index is 833. The zero-order valence-corrected chi connectivity index (χ0v) is 13.9. The lowest BCUT2D eigenvalue weighted by Crippen LogP contribution is -2.27. The van der Waals surface area contributed by atoms with Gasteiger partial charge in [-0.25, -0.2) is 0 Å². The van der Waals surface area contributed by atoms with Crippen molar-refractivity contribution < 1.29 is 9.32 Å². The molecule has 3 aromatic rings. The number of hydrogen-bond acceptors (Lipinski definition) is 4. The van der Waals surface area contributed by atoms with Crippen molar-refractivity contribution >= 4 is 17.5 Å². The van der Waals surface area contributed by atoms with E-state index in [2.05, 4.69) is 10.1 Å². The minimum absolute atomic E-state index is 0.0447. The smallest absolute Gasteiger partial charge is 0.246 e. The molecule has 122 valence electrons. The van der Waals surface area contributed by atoms with Crippen LogP contribution < -0.4 is 0 Å². The highest BCUT2D eigenvalue weighted by atomic mass is 35.5. The van der Waals surface area contributed by atoms with Crippen LogP contribution in [0.2, 0.25) is 5.02 Å². The molecule has 0 radical (unpaired) electrons. The Morgan fingerprint density at radius 1 is 1.17 bits per heavy atom. The largest absolute Gasteiger partial charge is 0.337 e. The Hall–Kier alpha value is -2.66. The Morgan fingerprint density at radius 2 is 1.96 bits per heavy atom. The van der Waals surface area contributed by atoms with Gasteiger partial charge in [-0.1, -0.05) is 59.2 Å². The fraction of sp³-hybridized carbons (Fsp3) is 0.167. The SMILES string of the molecule is CN(Cc1nc(-c2ccccc2)no1)C(=O)Cc1cccc(Cl)c1. The first-order valence-corrected chi connectivity index (χ1v) is 7.86. The third-order valence-corrected chi connectivity index (χ3v) is 3.78. The van der Waals surface area contributed by atoms with Crippen molar-refractivity contribution in [2.45, 2.75) is 13.0 Å². The van der Waals surface area contributed by atoms with Crippen LogP contribution in [0.15, 0.2) is 59.1 Å². The second-order valence-corrected chi connectivity index (χ2v) is 5.87. The number of nitrogens with zero attached hydrogens (tertiary/aromatic N) is 3. The van der Waals surface area contributed by atoms with E-state index in [1.165, 1.54) is 0 Å². The van der Waals surface area contributed by atoms with Crippen molar-refractivity contribution in [1.82, 2.24) is 15.0 Å². The van der Waals surface area contributed by atoms with E-state index in [0.29, 0.717) is 16.7 Å². The summed E-state index contributed by atoms with van der Waals surface area (Å²) in [7, 11) is 1.71. The van der Waals surface area contributed by atoms with E-state index in [9.17, 15) is 4.79 Å². The van der Waals surface area contributed by atoms with E-state index in [0.717, 1.165) is 11.1 Å². The van der Waals surface area contributed by atoms with E-state index in [1.807, 2.05) is 42.5 Å². The van der Waals surface area contributed by atoms with E-state index in [4.69, 9.17) is 16.1 Å². The number of carbonyl (C=O) groups excluding carboxylic acids is 1. The van der Waals surface area contributed by atoms with Crippen molar-refractivity contribution in [1.29, 1.82) is 0 Å². The first-order valence-electron chi connectivity index (χ1n) is 7.48. The normalized spacial score (nSPS) is 10.6. The van der Waals surface area contributed by atoms with Crippen LogP contribution in [0.3, 0.4) is 0 Å². The zero-order valence-electron chi connectivity index (χ0n) is 13.1. The Kier molecular flexibility index (Phi) is 4.91. The van der Waals surface area contributed by atoms with Crippen LogP contribution in [-0.2, 0) is 17.8 Å². The van der Waals surface area contributed by atoms with Gasteiger partial charge in [-0.15, -0.1) is 0 Å². The van der Waals surface area contributed by atoms with Gasteiger partial charge in [-0.05, 0) is 17.7 Å². The Labute approximate surface area is 144 Å². The molecule has 0 aliphatic heterocycles. The van der Waals surface area contributed by atoms with Gasteiger partial charge in [0.15, 0.2) is 0 Å². The highest BCUT2D eigenvalue weighted by Crippen LogP contribution is 2.16. The summed E-state index contributed by atoms with van der Waals surface area (Å²) in [5, 5.41) is 4.57. The molecule has 0 spiro atoms. The summed E-state index contributed by atoms with van der Waals surface area (Å²) in [6, 6.07) is 16.8. The van der Waals surface area contributed by atoms with Crippen LogP contribution in [0.4, 0.5) is 0 Å². The molecule has 0 saturated heterocycles. The van der Waals surface area contributed by atoms with Crippen molar-refractivity contribution in [2.75, 3.05) is 7.05 Å². The van der Waals surface area contributed by atoms with Crippen molar-refractivity contribution in [3.63, 3.8) is 0 Å². The maximum Gasteiger partial charge on any atom is 0.246 e. The molecule has 1 heterocycles. The molecule has 24 heavy (non-hydrogen) atoms. The summed E-state index contributed by atoms with van der Waals surface area (Å²) in [6.45, 7) is 0.263. The maximum absolute atomic E-state index is 12.3. The third kappa shape index (κ3) is 4.00. The molecule has 0 aliphatic carbocycles. The van der Waals surface area contributed by atoms with Crippen molar-refractivity contribution in [2.24, 2.45) is 0 Å². The lowest BCUT2D eigenvalue weighted by atomic mass is 10.1. The van der Waals surface area contributed by atoms with Gasteiger partial charge in [0.1, 0.15) is 0 Å². The van der Waals surface area contributed by atoms with Gasteiger partial charge in [0.05, 0.1) is 13.0 Å². The molecular formula is C18H16ClN3O2. The first kappa shape index (κ1) is 16.2. The molecule has 5 nitrogen and oxygen atoms in total. The van der Waals surface area contributed by atoms with Gasteiger partial charge >= 0.3 is 0 Å². The first-order chi connectivity index (χ1) is 11.6. The van der Waals surface area contributed by atoms with Crippen LogP contribution in [0, 0.1) is 0 Å². The van der Waals surface area contributed by atoms with Gasteiger partial charge in [0.2, 0.25) is 17.6 Å². The molecule has 1 aromatic heterocycles. The summed E-state index contributed by atoms with van der Waals surface area (Å²) in [4.78, 5) is 18.2. The summed E-state index contributed by atoms with van der Waals surface area (Å²) in [6.07, 6.45) is 0.275. The van der Waals surface area contributed by atoms with E-state index >= 15 is 0 Å². The number of rotatable bonds is 5. The number of carbonyl (C=O) groups is 1. The number of hydrogen-bond donors (Lipinski definition) is 0. The summed E-state index contributed by atoms with van der Waals surface area (Å²) in [5.74, 6) is 0.869. The van der Waals surface area contributed by atoms with Gasteiger partial charge in [0.25, 0.3) is 0 Å². The molecular weight excluding hydrogens is 326 g/mol. The number of likely N-dealkylation sites (N-methyl/N-ethyl adjacent to an activating group) is 1. The number of amides is 1. The highest BCUT2D eigenvalue weighted by molar-refractivity contribution is 6.30. The fourth-order valence-corrected chi connectivity index (χ4v) is 2.48. The fourth-order valence-electron chi connectivity index (χ4n) is 2.27. The second kappa shape index (κ2) is 7.27. The molecule has 0 atom stereocenters. The number of aromatic nitrogens is 2. The quantitative estimate of drug-likeness (QED) is 0.711. The van der Waals surface area contributed by atoms with Crippen LogP contribution in [0.1, 0.15) is 11.5 Å². The van der Waals surface area contributed by atoms with Gasteiger partial charge in [-0.2, -0.15) is 4.98 Å². The maximum atomic E-state index is 12.3. The summed E-state index contributed by atoms with van der Waals surface area (Å²) >= 11 is 5.94. The molecule has 6 heteroatoms. The lowest BCUT2D eigenvalue weighted by molar-refractivity contribution is -0.130. The predicted molar refractivity (Wildman–Crippen MR) is 91.4 cm³/mol. The van der Waals surface area contributed by atoms with Crippen LogP contribution >= 0.6 is 11.6 Å². The molecule has 0 aliphatic rings. The van der Waals surface area contributed by atoms with E-state index in [1.54, 1.807) is 24.1 Å². The molecule has 3 rings (SSSR count). The van der Waals surface area contributed by atoms with Crippen LogP contribution in [0.25, 0.3) is 11.4 Å². The van der Waals surface area contributed by atoms with Gasteiger partial charge < -0.3 is 9.42 Å². The number of halogens is 1. The summed E-state index contributed by atoms with van der Waals surface area (Å²) in [5.41, 5.74) is 1.75. The molecule has 0 fully saturated rings. The van der Waals surface area contributed by atoms with Crippen molar-refractivity contribution in [3.05, 3.63) is 71.1 Å². The standard InChI is InChI=1S/C18H16ClN3O2/c1-22(17(23)11-13-6-5-9-15(19)10-13)12-16-20-18(21-24-16)14-7-3-2-4-8-14/h2-10H,11-12H2,1H3. The van der Waals surface area contributed by atoms with Gasteiger partial charge in [0, 0.05) is 17.6 Å². The Morgan fingerprint density at radius 3 is 2.71 bits per heavy atom. The third-order valence-electron chi connectivity index (χ3n) is 3.54. The predicted octanol–water partition coefficient (Wildman–Crippen LogP) is 3.59. The monoisotopic (exact) mass is 341 g/mol. The highest BCUT2D eigenvalue weighted by Gasteiger charge is 2.15. The number of benzene rings is 2. The molecule has 1 amide bonds. The average Bonchev–Trinajstić information content (AvgIpc) is 3.04. The molecule has 2 aromatic carbocycles. The van der Waals surface area contributed by atoms with E-state index in [-0.39, 0.29) is 18.9 Å². The minimum Gasteiger partial charge on any atom is -0.337 e. The lowest BCUT2D eigenvalue weighted by Gasteiger charge is -2.14. The average molecular weight is 342 g/mol. The minimum atomic E-state index is -0.0447. The van der Waals surface area contributed by atoms with Crippen molar-refractivity contribution in [3.8, 4) is 11.4 Å². The van der Waals surface area contributed by atoms with E-state index < -0.39 is 0 Å². The molecule has 0 N–H and O–H groups in total. The summed E-state index contributed by atoms with van der Waals surface area (Å²) < 4.78 is 5.23. The molecule has 0 unspecified atom stereocenters. The van der Waals surface area contributed by atoms with Crippen LogP contribution in [-0.4, -0.2) is 28.0 Å². The Balaban J connectivity index is 1.63. The van der Waals surface area contributed by atoms with Crippen LogP contribution in [0.5, 0.6) is 0 Å². The second-order valence-electron chi connectivity index (χ2n) is 5.43. The van der Waals surface area contributed by atoms with Gasteiger partial charge in [-0.3, -0.25) is 4.79 Å². The topological polar surface area (TPSA) is 59.2 Å². The molecule has 0 bridgehead atoms. The molecule has 0 saturated carbocycles.